The molecule has 8 heteroatoms. The van der Waals surface area contributed by atoms with Gasteiger partial charge in [0.1, 0.15) is 4.21 Å². The molecule has 1 atom stereocenters. The van der Waals surface area contributed by atoms with Gasteiger partial charge in [0.2, 0.25) is 5.91 Å². The second-order valence-electron chi connectivity index (χ2n) is 3.69. The molecule has 0 aliphatic heterocycles. The van der Waals surface area contributed by atoms with E-state index in [1.54, 1.807) is 6.07 Å². The zero-order valence-electron chi connectivity index (χ0n) is 10.1. The average molecular weight is 355 g/mol. The lowest BCUT2D eigenvalue weighted by molar-refractivity contribution is -0.122. The van der Waals surface area contributed by atoms with E-state index >= 15 is 0 Å². The monoisotopic (exact) mass is 354 g/mol. The van der Waals surface area contributed by atoms with E-state index in [2.05, 4.69) is 26.0 Å². The van der Waals surface area contributed by atoms with E-state index < -0.39 is 16.1 Å². The van der Waals surface area contributed by atoms with Crippen molar-refractivity contribution in [3.05, 3.63) is 15.9 Å². The van der Waals surface area contributed by atoms with E-state index in [-0.39, 0.29) is 10.1 Å². The molecule has 0 aromatic carbocycles. The average Bonchev–Trinajstić information content (AvgIpc) is 2.72. The topological polar surface area (TPSA) is 75.3 Å². The molecule has 0 bridgehead atoms. The van der Waals surface area contributed by atoms with Gasteiger partial charge in [-0.05, 0) is 41.4 Å². The molecule has 2 N–H and O–H groups in total. The summed E-state index contributed by atoms with van der Waals surface area (Å²) >= 11 is 4.30. The van der Waals surface area contributed by atoms with Crippen LogP contribution in [0, 0.1) is 0 Å². The van der Waals surface area contributed by atoms with Crippen LogP contribution in [0.4, 0.5) is 0 Å². The predicted octanol–water partition coefficient (Wildman–Crippen LogP) is 1.70. The molecule has 0 radical (unpaired) electrons. The first kappa shape index (κ1) is 15.6. The SMILES string of the molecule is CCCNC(=O)C(C)NS(=O)(=O)c1ccc(Br)s1. The number of carbonyl (C=O) groups is 1. The minimum atomic E-state index is -3.63. The first-order valence-corrected chi connectivity index (χ1v) is 8.51. The van der Waals surface area contributed by atoms with E-state index in [0.29, 0.717) is 6.54 Å². The summed E-state index contributed by atoms with van der Waals surface area (Å²) in [6, 6.07) is 2.36. The molecule has 18 heavy (non-hydrogen) atoms. The van der Waals surface area contributed by atoms with E-state index in [1.807, 2.05) is 6.92 Å². The van der Waals surface area contributed by atoms with Crippen LogP contribution in [0.15, 0.2) is 20.1 Å². The molecule has 1 aromatic rings. The maximum Gasteiger partial charge on any atom is 0.250 e. The molecular weight excluding hydrogens is 340 g/mol. The van der Waals surface area contributed by atoms with Crippen LogP contribution in [0.25, 0.3) is 0 Å². The Morgan fingerprint density at radius 3 is 2.67 bits per heavy atom. The molecule has 1 unspecified atom stereocenters. The number of nitrogens with one attached hydrogen (secondary N) is 2. The summed E-state index contributed by atoms with van der Waals surface area (Å²) in [5, 5.41) is 2.64. The van der Waals surface area contributed by atoms with Gasteiger partial charge >= 0.3 is 0 Å². The standard InChI is InChI=1S/C10H15BrN2O3S2/c1-3-6-12-10(14)7(2)13-18(15,16)9-5-4-8(11)17-9/h4-5,7,13H,3,6H2,1-2H3,(H,12,14). The third-order valence-corrected chi connectivity index (χ3v) is 5.74. The van der Waals surface area contributed by atoms with Crippen LogP contribution in [0.2, 0.25) is 0 Å². The highest BCUT2D eigenvalue weighted by Crippen LogP contribution is 2.25. The fourth-order valence-electron chi connectivity index (χ4n) is 1.19. The normalized spacial score (nSPS) is 13.3. The summed E-state index contributed by atoms with van der Waals surface area (Å²) in [7, 11) is -3.63. The Hall–Kier alpha value is -0.440. The molecule has 0 spiro atoms. The highest BCUT2D eigenvalue weighted by molar-refractivity contribution is 9.11. The molecule has 1 amide bonds. The van der Waals surface area contributed by atoms with Crippen molar-refractivity contribution < 1.29 is 13.2 Å². The van der Waals surface area contributed by atoms with Crippen LogP contribution in [0.1, 0.15) is 20.3 Å². The van der Waals surface area contributed by atoms with Crippen molar-refractivity contribution in [1.82, 2.24) is 10.0 Å². The van der Waals surface area contributed by atoms with Crippen molar-refractivity contribution in [2.75, 3.05) is 6.54 Å². The van der Waals surface area contributed by atoms with Gasteiger partial charge in [-0.3, -0.25) is 4.79 Å². The molecule has 0 saturated heterocycles. The zero-order valence-corrected chi connectivity index (χ0v) is 13.3. The molecule has 5 nitrogen and oxygen atoms in total. The number of hydrogen-bond acceptors (Lipinski definition) is 4. The number of rotatable bonds is 6. The number of hydrogen-bond donors (Lipinski definition) is 2. The van der Waals surface area contributed by atoms with Gasteiger partial charge in [0, 0.05) is 6.54 Å². The van der Waals surface area contributed by atoms with Gasteiger partial charge < -0.3 is 5.32 Å². The summed E-state index contributed by atoms with van der Waals surface area (Å²) in [5.74, 6) is -0.323. The Balaban J connectivity index is 2.69. The van der Waals surface area contributed by atoms with Gasteiger partial charge in [-0.1, -0.05) is 6.92 Å². The van der Waals surface area contributed by atoms with E-state index in [0.717, 1.165) is 21.5 Å². The summed E-state index contributed by atoms with van der Waals surface area (Å²) in [6.07, 6.45) is 0.809. The number of amides is 1. The number of halogens is 1. The molecule has 0 aliphatic rings. The quantitative estimate of drug-likeness (QED) is 0.816. The van der Waals surface area contributed by atoms with Gasteiger partial charge in [-0.25, -0.2) is 8.42 Å². The maximum absolute atomic E-state index is 11.9. The minimum absolute atomic E-state index is 0.185. The van der Waals surface area contributed by atoms with Crippen LogP contribution in [-0.2, 0) is 14.8 Å². The molecule has 0 aliphatic carbocycles. The Labute approximate surface area is 119 Å². The van der Waals surface area contributed by atoms with Gasteiger partial charge in [-0.2, -0.15) is 4.72 Å². The van der Waals surface area contributed by atoms with Crippen molar-refractivity contribution in [3.63, 3.8) is 0 Å². The minimum Gasteiger partial charge on any atom is -0.355 e. The Morgan fingerprint density at radius 2 is 2.17 bits per heavy atom. The Morgan fingerprint density at radius 1 is 1.50 bits per heavy atom. The Kier molecular flexibility index (Phi) is 5.77. The van der Waals surface area contributed by atoms with Crippen molar-refractivity contribution in [3.8, 4) is 0 Å². The summed E-state index contributed by atoms with van der Waals surface area (Å²) in [6.45, 7) is 3.99. The zero-order chi connectivity index (χ0) is 13.8. The first-order valence-electron chi connectivity index (χ1n) is 5.42. The van der Waals surface area contributed by atoms with Crippen molar-refractivity contribution in [2.45, 2.75) is 30.5 Å². The lowest BCUT2D eigenvalue weighted by atomic mass is 10.3. The molecule has 0 fully saturated rings. The largest absolute Gasteiger partial charge is 0.355 e. The third kappa shape index (κ3) is 4.34. The number of carbonyl (C=O) groups excluding carboxylic acids is 1. The maximum atomic E-state index is 11.9. The second-order valence-corrected chi connectivity index (χ2v) is 8.10. The van der Waals surface area contributed by atoms with Crippen molar-refractivity contribution in [2.24, 2.45) is 0 Å². The van der Waals surface area contributed by atoms with E-state index in [1.165, 1.54) is 13.0 Å². The van der Waals surface area contributed by atoms with Crippen LogP contribution in [-0.4, -0.2) is 26.9 Å². The summed E-state index contributed by atoms with van der Waals surface area (Å²) in [5.41, 5.74) is 0. The predicted molar refractivity (Wildman–Crippen MR) is 75.1 cm³/mol. The van der Waals surface area contributed by atoms with Crippen LogP contribution in [0.3, 0.4) is 0 Å². The molecule has 1 rings (SSSR count). The summed E-state index contributed by atoms with van der Waals surface area (Å²) in [4.78, 5) is 11.6. The molecule has 102 valence electrons. The number of sulfonamides is 1. The van der Waals surface area contributed by atoms with Crippen molar-refractivity contribution >= 4 is 43.2 Å². The highest BCUT2D eigenvalue weighted by Gasteiger charge is 2.22. The molecule has 1 heterocycles. The lowest BCUT2D eigenvalue weighted by Gasteiger charge is -2.13. The van der Waals surface area contributed by atoms with Crippen LogP contribution >= 0.6 is 27.3 Å². The summed E-state index contributed by atoms with van der Waals surface area (Å²) < 4.78 is 27.1. The highest BCUT2D eigenvalue weighted by atomic mass is 79.9. The molecule has 0 saturated carbocycles. The van der Waals surface area contributed by atoms with Crippen LogP contribution < -0.4 is 10.0 Å². The fraction of sp³-hybridized carbons (Fsp3) is 0.500. The molecule has 1 aromatic heterocycles. The van der Waals surface area contributed by atoms with Crippen LogP contribution in [0.5, 0.6) is 0 Å². The smallest absolute Gasteiger partial charge is 0.250 e. The van der Waals surface area contributed by atoms with Crippen molar-refractivity contribution in [1.29, 1.82) is 0 Å². The van der Waals surface area contributed by atoms with Gasteiger partial charge in [-0.15, -0.1) is 11.3 Å². The number of thiophene rings is 1. The lowest BCUT2D eigenvalue weighted by Crippen LogP contribution is -2.44. The van der Waals surface area contributed by atoms with E-state index in [4.69, 9.17) is 0 Å². The van der Waals surface area contributed by atoms with Gasteiger partial charge in [0.05, 0.1) is 9.83 Å². The van der Waals surface area contributed by atoms with Gasteiger partial charge in [0.15, 0.2) is 0 Å². The first-order chi connectivity index (χ1) is 8.36. The third-order valence-electron chi connectivity index (χ3n) is 2.09. The Bertz CT molecular complexity index is 513. The second kappa shape index (κ2) is 6.65. The molecular formula is C10H15BrN2O3S2. The van der Waals surface area contributed by atoms with Gasteiger partial charge in [0.25, 0.3) is 10.0 Å². The fourth-order valence-corrected chi connectivity index (χ4v) is 4.42. The van der Waals surface area contributed by atoms with E-state index in [9.17, 15) is 13.2 Å².